The Morgan fingerprint density at radius 3 is 2.77 bits per heavy atom. The van der Waals surface area contributed by atoms with Crippen molar-refractivity contribution in [3.05, 3.63) is 40.4 Å². The van der Waals surface area contributed by atoms with Gasteiger partial charge in [-0.25, -0.2) is 9.78 Å². The first kappa shape index (κ1) is 18.7. The molecule has 3 rings (SSSR count). The molecule has 2 aromatic rings. The fourth-order valence-electron chi connectivity index (χ4n) is 3.04. The predicted octanol–water partition coefficient (Wildman–Crippen LogP) is 2.36. The second kappa shape index (κ2) is 8.51. The molecule has 1 aromatic carbocycles. The number of hydrogen-bond donors (Lipinski definition) is 2. The van der Waals surface area contributed by atoms with Crippen LogP contribution in [-0.4, -0.2) is 48.8 Å². The highest BCUT2D eigenvalue weighted by Gasteiger charge is 2.25. The van der Waals surface area contributed by atoms with Crippen LogP contribution in [0.1, 0.15) is 23.7 Å². The maximum Gasteiger partial charge on any atom is 0.410 e. The average molecular weight is 376 g/mol. The number of carbonyl (C=O) groups excluding carboxylic acids is 1. The highest BCUT2D eigenvalue weighted by atomic mass is 32.1. The molecule has 26 heavy (non-hydrogen) atoms. The van der Waals surface area contributed by atoms with Crippen LogP contribution in [0.3, 0.4) is 0 Å². The Morgan fingerprint density at radius 1 is 1.31 bits per heavy atom. The highest BCUT2D eigenvalue weighted by molar-refractivity contribution is 7.13. The van der Waals surface area contributed by atoms with Crippen LogP contribution in [0.2, 0.25) is 0 Å². The first-order valence-electron chi connectivity index (χ1n) is 9.09. The molecule has 0 aliphatic carbocycles. The van der Waals surface area contributed by atoms with Crippen LogP contribution in [0.25, 0.3) is 0 Å². The molecule has 2 N–H and O–H groups in total. The summed E-state index contributed by atoms with van der Waals surface area (Å²) in [4.78, 5) is 19.7. The molecule has 0 atom stereocenters. The summed E-state index contributed by atoms with van der Waals surface area (Å²) in [6, 6.07) is 6.36. The molecule has 6 nitrogen and oxygen atoms in total. The van der Waals surface area contributed by atoms with Crippen molar-refractivity contribution in [2.24, 2.45) is 0 Å². The van der Waals surface area contributed by atoms with E-state index in [0.29, 0.717) is 6.61 Å². The van der Waals surface area contributed by atoms with E-state index >= 15 is 0 Å². The third-order valence-corrected chi connectivity index (χ3v) is 5.54. The smallest absolute Gasteiger partial charge is 0.410 e. The van der Waals surface area contributed by atoms with Crippen LogP contribution in [-0.2, 0) is 11.3 Å². The molecule has 1 aliphatic rings. The molecule has 0 saturated carbocycles. The molecule has 140 valence electrons. The summed E-state index contributed by atoms with van der Waals surface area (Å²) in [5.41, 5.74) is 4.74. The zero-order chi connectivity index (χ0) is 18.5. The Hall–Kier alpha value is -2.12. The standard InChI is InChI=1S/C19H26N4O2S/c1-4-25-19(24)23-9-7-22(8-10-23)12-17-13-26-18(21-17)20-16-6-5-14(2)15(3)11-16/h5-6,11,13H,4,7-10,12H2,1-3H3,(H,20,21)/p+1. The molecule has 1 saturated heterocycles. The fraction of sp³-hybridized carbons (Fsp3) is 0.474. The number of amides is 1. The highest BCUT2D eigenvalue weighted by Crippen LogP contribution is 2.22. The van der Waals surface area contributed by atoms with E-state index in [4.69, 9.17) is 9.72 Å². The van der Waals surface area contributed by atoms with E-state index in [1.807, 2.05) is 6.92 Å². The molecule has 2 heterocycles. The van der Waals surface area contributed by atoms with Gasteiger partial charge in [-0.1, -0.05) is 6.07 Å². The van der Waals surface area contributed by atoms with Gasteiger partial charge < -0.3 is 15.0 Å². The van der Waals surface area contributed by atoms with E-state index in [0.717, 1.165) is 49.2 Å². The topological polar surface area (TPSA) is 58.9 Å². The molecule has 0 radical (unpaired) electrons. The molecule has 7 heteroatoms. The summed E-state index contributed by atoms with van der Waals surface area (Å²) < 4.78 is 5.07. The van der Waals surface area contributed by atoms with E-state index in [-0.39, 0.29) is 6.09 Å². The molecule has 0 spiro atoms. The third kappa shape index (κ3) is 4.74. The van der Waals surface area contributed by atoms with Gasteiger partial charge >= 0.3 is 6.09 Å². The minimum absolute atomic E-state index is 0.194. The summed E-state index contributed by atoms with van der Waals surface area (Å²) in [5.74, 6) is 0. The van der Waals surface area contributed by atoms with Gasteiger partial charge in [0.1, 0.15) is 12.2 Å². The van der Waals surface area contributed by atoms with Gasteiger partial charge in [0, 0.05) is 11.1 Å². The third-order valence-electron chi connectivity index (χ3n) is 4.74. The zero-order valence-corrected chi connectivity index (χ0v) is 16.5. The quantitative estimate of drug-likeness (QED) is 0.842. The van der Waals surface area contributed by atoms with Gasteiger partial charge in [-0.3, -0.25) is 4.90 Å². The van der Waals surface area contributed by atoms with Crippen molar-refractivity contribution in [3.8, 4) is 0 Å². The second-order valence-electron chi connectivity index (χ2n) is 6.68. The lowest BCUT2D eigenvalue weighted by molar-refractivity contribution is -0.917. The maximum atomic E-state index is 11.8. The number of aryl methyl sites for hydroxylation is 2. The normalized spacial score (nSPS) is 15.1. The van der Waals surface area contributed by atoms with Gasteiger partial charge in [0.25, 0.3) is 0 Å². The van der Waals surface area contributed by atoms with Crippen molar-refractivity contribution in [1.82, 2.24) is 9.88 Å². The average Bonchev–Trinajstić information content (AvgIpc) is 3.06. The van der Waals surface area contributed by atoms with E-state index < -0.39 is 0 Å². The van der Waals surface area contributed by atoms with Crippen molar-refractivity contribution < 1.29 is 14.4 Å². The Kier molecular flexibility index (Phi) is 6.11. The molecule has 1 aromatic heterocycles. The van der Waals surface area contributed by atoms with Gasteiger partial charge in [0.2, 0.25) is 0 Å². The van der Waals surface area contributed by atoms with Gasteiger partial charge in [0.15, 0.2) is 5.13 Å². The van der Waals surface area contributed by atoms with E-state index in [9.17, 15) is 4.79 Å². The zero-order valence-electron chi connectivity index (χ0n) is 15.7. The monoisotopic (exact) mass is 375 g/mol. The van der Waals surface area contributed by atoms with Crippen LogP contribution < -0.4 is 10.2 Å². The van der Waals surface area contributed by atoms with Crippen molar-refractivity contribution in [3.63, 3.8) is 0 Å². The molecule has 1 aliphatic heterocycles. The van der Waals surface area contributed by atoms with E-state index in [2.05, 4.69) is 42.7 Å². The van der Waals surface area contributed by atoms with Crippen molar-refractivity contribution in [1.29, 1.82) is 0 Å². The summed E-state index contributed by atoms with van der Waals surface area (Å²) in [5, 5.41) is 6.44. The lowest BCUT2D eigenvalue weighted by atomic mass is 10.1. The number of nitrogens with one attached hydrogen (secondary N) is 2. The summed E-state index contributed by atoms with van der Waals surface area (Å²) in [6.07, 6.45) is -0.194. The van der Waals surface area contributed by atoms with Crippen LogP contribution in [0, 0.1) is 13.8 Å². The van der Waals surface area contributed by atoms with Crippen molar-refractivity contribution >= 4 is 28.2 Å². The number of carbonyl (C=O) groups is 1. The second-order valence-corrected chi connectivity index (χ2v) is 7.54. The number of quaternary nitrogens is 1. The van der Waals surface area contributed by atoms with Gasteiger partial charge in [0.05, 0.1) is 32.8 Å². The predicted molar refractivity (Wildman–Crippen MR) is 104 cm³/mol. The van der Waals surface area contributed by atoms with E-state index in [1.54, 1.807) is 16.2 Å². The lowest BCUT2D eigenvalue weighted by Crippen LogP contribution is -3.13. The number of nitrogens with zero attached hydrogens (tertiary/aromatic N) is 2. The Bertz CT molecular complexity index is 754. The minimum Gasteiger partial charge on any atom is -0.450 e. The van der Waals surface area contributed by atoms with Gasteiger partial charge in [-0.05, 0) is 44.0 Å². The van der Waals surface area contributed by atoms with E-state index in [1.165, 1.54) is 16.0 Å². The van der Waals surface area contributed by atoms with Gasteiger partial charge in [-0.15, -0.1) is 11.3 Å². The number of benzene rings is 1. The Labute approximate surface area is 158 Å². The number of piperazine rings is 1. The van der Waals surface area contributed by atoms with Crippen LogP contribution in [0.15, 0.2) is 23.6 Å². The lowest BCUT2D eigenvalue weighted by Gasteiger charge is -2.31. The van der Waals surface area contributed by atoms with Crippen LogP contribution in [0.5, 0.6) is 0 Å². The molecule has 0 bridgehead atoms. The number of ether oxygens (including phenoxy) is 1. The van der Waals surface area contributed by atoms with Crippen molar-refractivity contribution in [2.45, 2.75) is 27.3 Å². The molecular weight excluding hydrogens is 348 g/mol. The molecular formula is C19H27N4O2S+. The Balaban J connectivity index is 1.51. The molecule has 1 amide bonds. The van der Waals surface area contributed by atoms with Crippen LogP contribution >= 0.6 is 11.3 Å². The van der Waals surface area contributed by atoms with Gasteiger partial charge in [-0.2, -0.15) is 0 Å². The molecule has 1 fully saturated rings. The number of aromatic nitrogens is 1. The number of hydrogen-bond acceptors (Lipinski definition) is 5. The summed E-state index contributed by atoms with van der Waals surface area (Å²) in [6.45, 7) is 10.7. The first-order chi connectivity index (χ1) is 12.5. The number of thiazole rings is 1. The summed E-state index contributed by atoms with van der Waals surface area (Å²) >= 11 is 1.63. The largest absolute Gasteiger partial charge is 0.450 e. The van der Waals surface area contributed by atoms with Crippen molar-refractivity contribution in [2.75, 3.05) is 38.1 Å². The minimum atomic E-state index is -0.194. The molecule has 0 unspecified atom stereocenters. The fourth-order valence-corrected chi connectivity index (χ4v) is 3.77. The van der Waals surface area contributed by atoms with Crippen LogP contribution in [0.4, 0.5) is 15.6 Å². The summed E-state index contributed by atoms with van der Waals surface area (Å²) in [7, 11) is 0. The number of anilines is 2. The number of rotatable bonds is 5. The first-order valence-corrected chi connectivity index (χ1v) is 9.97. The maximum absolute atomic E-state index is 11.8. The SMILES string of the molecule is CCOC(=O)N1CC[NH+](Cc2csc(Nc3ccc(C)c(C)c3)n2)CC1. The Morgan fingerprint density at radius 2 is 2.08 bits per heavy atom.